The van der Waals surface area contributed by atoms with Crippen molar-refractivity contribution in [2.24, 2.45) is 0 Å². The third-order valence-electron chi connectivity index (χ3n) is 2.55. The van der Waals surface area contributed by atoms with E-state index in [-0.39, 0.29) is 17.5 Å². The smallest absolute Gasteiger partial charge is 0.236 e. The molecule has 0 aromatic carbocycles. The number of likely N-dealkylation sites (tertiary alicyclic amines) is 1. The van der Waals surface area contributed by atoms with Crippen LogP contribution in [0.2, 0.25) is 0 Å². The summed E-state index contributed by atoms with van der Waals surface area (Å²) in [6.45, 7) is 1.49. The van der Waals surface area contributed by atoms with Gasteiger partial charge in [0.25, 0.3) is 0 Å². The zero-order valence-corrected chi connectivity index (χ0v) is 12.9. The van der Waals surface area contributed by atoms with Crippen molar-refractivity contribution in [2.75, 3.05) is 27.2 Å². The number of carbonyl (C=O) groups excluding carboxylic acids is 2. The highest BCUT2D eigenvalue weighted by molar-refractivity contribution is 14.1. The van der Waals surface area contributed by atoms with Gasteiger partial charge in [-0.3, -0.25) is 14.5 Å². The summed E-state index contributed by atoms with van der Waals surface area (Å²) in [7, 11) is 4.57. The van der Waals surface area contributed by atoms with Crippen LogP contribution in [-0.4, -0.2) is 59.3 Å². The molecule has 0 saturated carbocycles. The van der Waals surface area contributed by atoms with E-state index in [1.807, 2.05) is 14.1 Å². The molecule has 0 N–H and O–H groups in total. The molecule has 4 nitrogen and oxygen atoms in total. The molecule has 1 heterocycles. The number of halogens is 1. The maximum atomic E-state index is 11.9. The average molecular weight is 354 g/mol. The van der Waals surface area contributed by atoms with Gasteiger partial charge in [-0.1, -0.05) is 0 Å². The van der Waals surface area contributed by atoms with Crippen LogP contribution in [0.15, 0.2) is 0 Å². The maximum absolute atomic E-state index is 11.9. The van der Waals surface area contributed by atoms with Gasteiger partial charge in [0.1, 0.15) is 0 Å². The average Bonchev–Trinajstić information content (AvgIpc) is 2.45. The molecule has 1 saturated heterocycles. The Labute approximate surface area is 112 Å². The van der Waals surface area contributed by atoms with Crippen molar-refractivity contribution in [1.82, 2.24) is 9.80 Å². The van der Waals surface area contributed by atoms with E-state index < -0.39 is 0 Å². The molecule has 0 aromatic heterocycles. The fourth-order valence-electron chi connectivity index (χ4n) is 1.72. The van der Waals surface area contributed by atoms with Gasteiger partial charge >= 0.3 is 0 Å². The Morgan fingerprint density at radius 2 is 2.25 bits per heavy atom. The Morgan fingerprint density at radius 3 is 2.81 bits per heavy atom. The van der Waals surface area contributed by atoms with Gasteiger partial charge in [-0.15, -0.1) is 30.8 Å². The van der Waals surface area contributed by atoms with Crippen molar-refractivity contribution in [1.29, 1.82) is 0 Å². The lowest BCUT2D eigenvalue weighted by atomic mass is 10.3. The molecule has 2 atom stereocenters. The van der Waals surface area contributed by atoms with E-state index in [1.54, 1.807) is 0 Å². The molecular formula is C9H17BIN2O2P. The SMILES string of the molecule is CN(C)CCCN1C(=O)CC(PBI)C1=O. The number of rotatable bonds is 6. The first-order valence-electron chi connectivity index (χ1n) is 5.34. The first-order chi connectivity index (χ1) is 7.56. The molecule has 1 fully saturated rings. The van der Waals surface area contributed by atoms with E-state index in [2.05, 4.69) is 27.3 Å². The van der Waals surface area contributed by atoms with Crippen LogP contribution in [0.5, 0.6) is 0 Å². The number of amides is 2. The van der Waals surface area contributed by atoms with E-state index in [0.717, 1.165) is 17.8 Å². The van der Waals surface area contributed by atoms with Gasteiger partial charge in [-0.05, 0) is 27.1 Å². The lowest BCUT2D eigenvalue weighted by Gasteiger charge is -2.16. The topological polar surface area (TPSA) is 40.6 Å². The number of nitrogens with zero attached hydrogens (tertiary/aromatic N) is 2. The van der Waals surface area contributed by atoms with Crippen LogP contribution < -0.4 is 0 Å². The predicted octanol–water partition coefficient (Wildman–Crippen LogP) is 0.446. The van der Waals surface area contributed by atoms with Crippen LogP contribution >= 0.6 is 30.8 Å². The number of carbonyl (C=O) groups is 2. The van der Waals surface area contributed by atoms with Crippen molar-refractivity contribution in [2.45, 2.75) is 18.5 Å². The Kier molecular flexibility index (Phi) is 6.22. The zero-order chi connectivity index (χ0) is 12.1. The molecule has 1 aliphatic rings. The number of hydrogen-bond acceptors (Lipinski definition) is 3. The Bertz CT molecular complexity index is 278. The lowest BCUT2D eigenvalue weighted by Crippen LogP contribution is -2.33. The van der Waals surface area contributed by atoms with E-state index >= 15 is 0 Å². The second kappa shape index (κ2) is 6.92. The Hall–Kier alpha value is 0.325. The standard InChI is InChI=1S/C9H17BIN2O2P/c1-12(2)4-3-5-13-8(14)6-7(9(13)15)16-10-11/h7,10,16H,3-6H2,1-2H3. The maximum Gasteiger partial charge on any atom is 0.236 e. The van der Waals surface area contributed by atoms with Crippen LogP contribution in [0.1, 0.15) is 12.8 Å². The minimum absolute atomic E-state index is 0.0195. The minimum Gasteiger partial charge on any atom is -0.309 e. The summed E-state index contributed by atoms with van der Waals surface area (Å²) in [5, 5.41) is 0. The molecule has 1 rings (SSSR count). The predicted molar refractivity (Wildman–Crippen MR) is 77.8 cm³/mol. The van der Waals surface area contributed by atoms with Crippen LogP contribution in [0.25, 0.3) is 0 Å². The zero-order valence-electron chi connectivity index (χ0n) is 9.70. The second-order valence-corrected chi connectivity index (χ2v) is 7.80. The third-order valence-corrected chi connectivity index (χ3v) is 4.97. The van der Waals surface area contributed by atoms with Gasteiger partial charge in [-0.2, -0.15) is 0 Å². The molecule has 16 heavy (non-hydrogen) atoms. The lowest BCUT2D eigenvalue weighted by molar-refractivity contribution is -0.138. The fraction of sp³-hybridized carbons (Fsp3) is 0.778. The van der Waals surface area contributed by atoms with E-state index in [0.29, 0.717) is 21.4 Å². The molecule has 0 spiro atoms. The number of hydrogen-bond donors (Lipinski definition) is 0. The molecule has 0 aliphatic carbocycles. The number of imide groups is 1. The van der Waals surface area contributed by atoms with Crippen LogP contribution in [0.4, 0.5) is 0 Å². The molecular weight excluding hydrogens is 337 g/mol. The Morgan fingerprint density at radius 1 is 1.56 bits per heavy atom. The Balaban J connectivity index is 2.41. The molecule has 90 valence electrons. The monoisotopic (exact) mass is 354 g/mol. The van der Waals surface area contributed by atoms with Gasteiger partial charge in [0.15, 0.2) is 0 Å². The molecule has 1 aliphatic heterocycles. The highest BCUT2D eigenvalue weighted by Gasteiger charge is 2.37. The van der Waals surface area contributed by atoms with E-state index in [9.17, 15) is 9.59 Å². The third kappa shape index (κ3) is 3.97. The fourth-order valence-corrected chi connectivity index (χ4v) is 4.15. The van der Waals surface area contributed by atoms with E-state index in [1.165, 1.54) is 4.90 Å². The first kappa shape index (κ1) is 14.4. The highest BCUT2D eigenvalue weighted by Crippen LogP contribution is 2.30. The quantitative estimate of drug-likeness (QED) is 0.301. The summed E-state index contributed by atoms with van der Waals surface area (Å²) >= 11 is 2.26. The molecule has 0 bridgehead atoms. The van der Waals surface area contributed by atoms with Crippen molar-refractivity contribution >= 4 is 47.5 Å². The van der Waals surface area contributed by atoms with Gasteiger partial charge in [0.05, 0.1) is 5.66 Å². The molecule has 0 aromatic rings. The minimum atomic E-state index is -0.0243. The van der Waals surface area contributed by atoms with Crippen LogP contribution in [0.3, 0.4) is 0 Å². The van der Waals surface area contributed by atoms with Gasteiger partial charge < -0.3 is 4.90 Å². The van der Waals surface area contributed by atoms with Crippen molar-refractivity contribution in [3.05, 3.63) is 0 Å². The van der Waals surface area contributed by atoms with E-state index in [4.69, 9.17) is 0 Å². The summed E-state index contributed by atoms with van der Waals surface area (Å²) in [6, 6.07) is 0. The summed E-state index contributed by atoms with van der Waals surface area (Å²) in [5.41, 5.74) is -0.0243. The molecule has 0 radical (unpaired) electrons. The first-order valence-corrected chi connectivity index (χ1v) is 8.15. The molecule has 7 heteroatoms. The largest absolute Gasteiger partial charge is 0.309 e. The summed E-state index contributed by atoms with van der Waals surface area (Å²) in [5.74, 6) is 0.0739. The highest BCUT2D eigenvalue weighted by atomic mass is 127. The molecule has 2 unspecified atom stereocenters. The second-order valence-electron chi connectivity index (χ2n) is 4.13. The summed E-state index contributed by atoms with van der Waals surface area (Å²) < 4.78 is 0. The van der Waals surface area contributed by atoms with Crippen molar-refractivity contribution < 1.29 is 9.59 Å². The van der Waals surface area contributed by atoms with Crippen LogP contribution in [0, 0.1) is 0 Å². The van der Waals surface area contributed by atoms with Gasteiger partial charge in [0.2, 0.25) is 16.7 Å². The van der Waals surface area contributed by atoms with Crippen molar-refractivity contribution in [3.63, 3.8) is 0 Å². The summed E-state index contributed by atoms with van der Waals surface area (Å²) in [6.07, 6.45) is 1.30. The van der Waals surface area contributed by atoms with Gasteiger partial charge in [-0.25, -0.2) is 0 Å². The van der Waals surface area contributed by atoms with Crippen molar-refractivity contribution in [3.8, 4) is 0 Å². The van der Waals surface area contributed by atoms with Gasteiger partial charge in [0, 0.05) is 13.0 Å². The van der Waals surface area contributed by atoms with Crippen LogP contribution in [-0.2, 0) is 9.59 Å². The molecule has 2 amide bonds. The normalized spacial score (nSPS) is 21.8. The summed E-state index contributed by atoms with van der Waals surface area (Å²) in [4.78, 5) is 28.0.